The number of para-hydroxylation sites is 1. The van der Waals surface area contributed by atoms with Gasteiger partial charge in [0.25, 0.3) is 0 Å². The third kappa shape index (κ3) is 4.23. The number of carboxylic acids is 1. The molecule has 0 aliphatic heterocycles. The molecule has 0 aliphatic rings. The number of carboxylic acid groups (broad SMARTS) is 1. The molecular formula is C16H16BrNO3. The molecule has 1 N–H and O–H groups in total. The Morgan fingerprint density at radius 3 is 2.57 bits per heavy atom. The predicted octanol–water partition coefficient (Wildman–Crippen LogP) is 3.55. The van der Waals surface area contributed by atoms with E-state index in [1.807, 2.05) is 48.5 Å². The van der Waals surface area contributed by atoms with Crippen molar-refractivity contribution < 1.29 is 14.6 Å². The van der Waals surface area contributed by atoms with Gasteiger partial charge < -0.3 is 14.7 Å². The van der Waals surface area contributed by atoms with Crippen molar-refractivity contribution in [3.05, 3.63) is 58.6 Å². The summed E-state index contributed by atoms with van der Waals surface area (Å²) in [5.74, 6) is -0.127. The first-order valence-electron chi connectivity index (χ1n) is 6.44. The number of carbonyl (C=O) groups is 1. The van der Waals surface area contributed by atoms with Crippen LogP contribution in [0, 0.1) is 0 Å². The third-order valence-corrected chi connectivity index (χ3v) is 3.54. The monoisotopic (exact) mass is 349 g/mol. The summed E-state index contributed by atoms with van der Waals surface area (Å²) < 4.78 is 6.28. The number of anilines is 1. The van der Waals surface area contributed by atoms with Crippen LogP contribution in [0.2, 0.25) is 0 Å². The fourth-order valence-corrected chi connectivity index (χ4v) is 2.53. The Labute approximate surface area is 132 Å². The summed E-state index contributed by atoms with van der Waals surface area (Å²) in [6.07, 6.45) is 0. The zero-order valence-corrected chi connectivity index (χ0v) is 13.2. The molecule has 4 nitrogen and oxygen atoms in total. The second-order valence-corrected chi connectivity index (χ2v) is 5.46. The number of methoxy groups -OCH3 is 1. The van der Waals surface area contributed by atoms with Gasteiger partial charge in [-0.2, -0.15) is 0 Å². The summed E-state index contributed by atoms with van der Waals surface area (Å²) in [7, 11) is 1.61. The average Bonchev–Trinajstić information content (AvgIpc) is 2.47. The molecule has 110 valence electrons. The first-order valence-corrected chi connectivity index (χ1v) is 7.23. The molecule has 0 heterocycles. The van der Waals surface area contributed by atoms with Crippen LogP contribution in [0.15, 0.2) is 53.0 Å². The molecule has 0 fully saturated rings. The zero-order chi connectivity index (χ0) is 15.2. The lowest BCUT2D eigenvalue weighted by atomic mass is 10.1. The van der Waals surface area contributed by atoms with Crippen LogP contribution in [0.5, 0.6) is 5.75 Å². The van der Waals surface area contributed by atoms with Gasteiger partial charge in [0.1, 0.15) is 12.3 Å². The zero-order valence-electron chi connectivity index (χ0n) is 11.6. The molecule has 0 atom stereocenters. The molecular weight excluding hydrogens is 334 g/mol. The van der Waals surface area contributed by atoms with Crippen molar-refractivity contribution in [2.24, 2.45) is 0 Å². The lowest BCUT2D eigenvalue weighted by Gasteiger charge is -2.24. The lowest BCUT2D eigenvalue weighted by molar-refractivity contribution is -0.135. The Kier molecular flexibility index (Phi) is 5.22. The third-order valence-electron chi connectivity index (χ3n) is 3.05. The largest absolute Gasteiger partial charge is 0.496 e. The molecule has 0 spiro atoms. The Balaban J connectivity index is 2.31. The van der Waals surface area contributed by atoms with Gasteiger partial charge in [0.15, 0.2) is 0 Å². The number of ether oxygens (including phenoxy) is 1. The maximum absolute atomic E-state index is 11.1. The molecule has 2 aromatic carbocycles. The maximum atomic E-state index is 11.1. The van der Waals surface area contributed by atoms with E-state index in [0.717, 1.165) is 21.5 Å². The molecule has 0 saturated heterocycles. The standard InChI is InChI=1S/C16H16BrNO3/c1-21-15-8-7-13(17)9-12(15)10-18(11-16(19)20)14-5-3-2-4-6-14/h2-9H,10-11H2,1H3,(H,19,20). The van der Waals surface area contributed by atoms with Crippen LogP contribution in [-0.2, 0) is 11.3 Å². The smallest absolute Gasteiger partial charge is 0.323 e. The van der Waals surface area contributed by atoms with Crippen LogP contribution in [0.3, 0.4) is 0 Å². The van der Waals surface area contributed by atoms with Crippen LogP contribution >= 0.6 is 15.9 Å². The first-order chi connectivity index (χ1) is 10.1. The Bertz CT molecular complexity index is 616. The summed E-state index contributed by atoms with van der Waals surface area (Å²) >= 11 is 3.43. The molecule has 0 aromatic heterocycles. The maximum Gasteiger partial charge on any atom is 0.323 e. The van der Waals surface area contributed by atoms with E-state index in [1.165, 1.54) is 0 Å². The highest BCUT2D eigenvalue weighted by atomic mass is 79.9. The van der Waals surface area contributed by atoms with Gasteiger partial charge in [-0.05, 0) is 30.3 Å². The number of hydrogen-bond donors (Lipinski definition) is 1. The minimum Gasteiger partial charge on any atom is -0.496 e. The van der Waals surface area contributed by atoms with Crippen LogP contribution in [0.25, 0.3) is 0 Å². The van der Waals surface area contributed by atoms with E-state index in [0.29, 0.717) is 6.54 Å². The van der Waals surface area contributed by atoms with Crippen molar-refractivity contribution >= 4 is 27.6 Å². The van der Waals surface area contributed by atoms with Crippen LogP contribution in [0.4, 0.5) is 5.69 Å². The molecule has 5 heteroatoms. The van der Waals surface area contributed by atoms with Crippen molar-refractivity contribution in [3.63, 3.8) is 0 Å². The number of aliphatic carboxylic acids is 1. The molecule has 0 saturated carbocycles. The topological polar surface area (TPSA) is 49.8 Å². The minimum absolute atomic E-state index is 0.0698. The predicted molar refractivity (Wildman–Crippen MR) is 85.8 cm³/mol. The van der Waals surface area contributed by atoms with E-state index in [4.69, 9.17) is 9.84 Å². The number of rotatable bonds is 6. The first kappa shape index (κ1) is 15.4. The summed E-state index contributed by atoms with van der Waals surface area (Å²) in [5.41, 5.74) is 1.79. The summed E-state index contributed by atoms with van der Waals surface area (Å²) in [5, 5.41) is 9.12. The lowest BCUT2D eigenvalue weighted by Crippen LogP contribution is -2.29. The van der Waals surface area contributed by atoms with Crippen molar-refractivity contribution in [1.82, 2.24) is 0 Å². The average molecular weight is 350 g/mol. The number of benzene rings is 2. The van der Waals surface area contributed by atoms with E-state index in [1.54, 1.807) is 12.0 Å². The fourth-order valence-electron chi connectivity index (χ4n) is 2.12. The van der Waals surface area contributed by atoms with E-state index in [9.17, 15) is 4.79 Å². The quantitative estimate of drug-likeness (QED) is 0.866. The molecule has 21 heavy (non-hydrogen) atoms. The van der Waals surface area contributed by atoms with Gasteiger partial charge in [0.2, 0.25) is 0 Å². The van der Waals surface area contributed by atoms with Gasteiger partial charge >= 0.3 is 5.97 Å². The van der Waals surface area contributed by atoms with Crippen molar-refractivity contribution in [1.29, 1.82) is 0 Å². The second kappa shape index (κ2) is 7.13. The van der Waals surface area contributed by atoms with Gasteiger partial charge in [-0.1, -0.05) is 34.1 Å². The Morgan fingerprint density at radius 1 is 1.24 bits per heavy atom. The molecule has 2 aromatic rings. The summed E-state index contributed by atoms with van der Waals surface area (Å²) in [6, 6.07) is 15.2. The fraction of sp³-hybridized carbons (Fsp3) is 0.188. The Morgan fingerprint density at radius 2 is 1.95 bits per heavy atom. The molecule has 0 radical (unpaired) electrons. The Hall–Kier alpha value is -2.01. The highest BCUT2D eigenvalue weighted by Crippen LogP contribution is 2.26. The molecule has 0 amide bonds. The highest BCUT2D eigenvalue weighted by Gasteiger charge is 2.14. The van der Waals surface area contributed by atoms with E-state index >= 15 is 0 Å². The van der Waals surface area contributed by atoms with Crippen LogP contribution in [0.1, 0.15) is 5.56 Å². The highest BCUT2D eigenvalue weighted by molar-refractivity contribution is 9.10. The van der Waals surface area contributed by atoms with Crippen molar-refractivity contribution in [3.8, 4) is 5.75 Å². The molecule has 0 bridgehead atoms. The number of halogens is 1. The number of hydrogen-bond acceptors (Lipinski definition) is 3. The summed E-state index contributed by atoms with van der Waals surface area (Å²) in [6.45, 7) is 0.388. The van der Waals surface area contributed by atoms with Gasteiger partial charge in [0.05, 0.1) is 7.11 Å². The molecule has 0 unspecified atom stereocenters. The van der Waals surface area contributed by atoms with Gasteiger partial charge in [-0.15, -0.1) is 0 Å². The normalized spacial score (nSPS) is 10.2. The van der Waals surface area contributed by atoms with E-state index in [2.05, 4.69) is 15.9 Å². The SMILES string of the molecule is COc1ccc(Br)cc1CN(CC(=O)O)c1ccccc1. The van der Waals surface area contributed by atoms with Crippen molar-refractivity contribution in [2.45, 2.75) is 6.54 Å². The van der Waals surface area contributed by atoms with Gasteiger partial charge in [-0.3, -0.25) is 4.79 Å². The van der Waals surface area contributed by atoms with E-state index in [-0.39, 0.29) is 6.54 Å². The molecule has 0 aliphatic carbocycles. The number of nitrogens with zero attached hydrogens (tertiary/aromatic N) is 1. The summed E-state index contributed by atoms with van der Waals surface area (Å²) in [4.78, 5) is 12.9. The van der Waals surface area contributed by atoms with Crippen molar-refractivity contribution in [2.75, 3.05) is 18.6 Å². The van der Waals surface area contributed by atoms with Gasteiger partial charge in [0, 0.05) is 22.3 Å². The molecule has 2 rings (SSSR count). The van der Waals surface area contributed by atoms with E-state index < -0.39 is 5.97 Å². The second-order valence-electron chi connectivity index (χ2n) is 4.54. The van der Waals surface area contributed by atoms with Gasteiger partial charge in [-0.25, -0.2) is 0 Å². The minimum atomic E-state index is -0.868. The van der Waals surface area contributed by atoms with Crippen LogP contribution in [-0.4, -0.2) is 24.7 Å². The van der Waals surface area contributed by atoms with Crippen LogP contribution < -0.4 is 9.64 Å².